The molecule has 0 unspecified atom stereocenters. The van der Waals surface area contributed by atoms with Gasteiger partial charge < -0.3 is 10.4 Å². The van der Waals surface area contributed by atoms with Crippen molar-refractivity contribution in [3.63, 3.8) is 0 Å². The lowest BCUT2D eigenvalue weighted by Crippen LogP contribution is -2.07. The molecule has 1 heterocycles. The SMILES string of the molecule is CSc1ccc(NCCO)nn1. The van der Waals surface area contributed by atoms with Gasteiger partial charge >= 0.3 is 0 Å². The minimum Gasteiger partial charge on any atom is -0.395 e. The van der Waals surface area contributed by atoms with Crippen LogP contribution in [0, 0.1) is 0 Å². The molecular weight excluding hydrogens is 174 g/mol. The molecule has 0 spiro atoms. The summed E-state index contributed by atoms with van der Waals surface area (Å²) in [5.41, 5.74) is 0. The van der Waals surface area contributed by atoms with Gasteiger partial charge in [-0.1, -0.05) is 0 Å². The van der Waals surface area contributed by atoms with E-state index >= 15 is 0 Å². The first-order valence-corrected chi connectivity index (χ1v) is 4.81. The van der Waals surface area contributed by atoms with Gasteiger partial charge in [-0.2, -0.15) is 0 Å². The van der Waals surface area contributed by atoms with Crippen LogP contribution in [0.4, 0.5) is 5.82 Å². The van der Waals surface area contributed by atoms with Crippen LogP contribution in [-0.4, -0.2) is 34.7 Å². The fraction of sp³-hybridized carbons (Fsp3) is 0.429. The predicted molar refractivity (Wildman–Crippen MR) is 49.4 cm³/mol. The summed E-state index contributed by atoms with van der Waals surface area (Å²) in [6, 6.07) is 3.73. The Balaban J connectivity index is 2.53. The summed E-state index contributed by atoms with van der Waals surface area (Å²) in [7, 11) is 0. The predicted octanol–water partition coefficient (Wildman–Crippen LogP) is 0.603. The fourth-order valence-corrected chi connectivity index (χ4v) is 1.03. The molecule has 0 atom stereocenters. The number of aliphatic hydroxyl groups is 1. The van der Waals surface area contributed by atoms with Crippen LogP contribution in [0.15, 0.2) is 17.2 Å². The lowest BCUT2D eigenvalue weighted by Gasteiger charge is -2.01. The molecule has 1 aromatic heterocycles. The third kappa shape index (κ3) is 2.67. The van der Waals surface area contributed by atoms with E-state index in [-0.39, 0.29) is 6.61 Å². The first-order chi connectivity index (χ1) is 5.86. The van der Waals surface area contributed by atoms with Gasteiger partial charge in [0.25, 0.3) is 0 Å². The van der Waals surface area contributed by atoms with E-state index in [0.717, 1.165) is 5.03 Å². The topological polar surface area (TPSA) is 58.0 Å². The number of rotatable bonds is 4. The van der Waals surface area contributed by atoms with E-state index in [1.54, 1.807) is 11.8 Å². The second kappa shape index (κ2) is 4.95. The number of nitrogens with one attached hydrogen (secondary N) is 1. The molecule has 0 saturated carbocycles. The van der Waals surface area contributed by atoms with E-state index in [1.807, 2.05) is 18.4 Å². The monoisotopic (exact) mass is 185 g/mol. The van der Waals surface area contributed by atoms with Crippen LogP contribution < -0.4 is 5.32 Å². The summed E-state index contributed by atoms with van der Waals surface area (Å²) in [6.07, 6.45) is 1.95. The molecule has 2 N–H and O–H groups in total. The molecule has 0 fully saturated rings. The molecule has 0 bridgehead atoms. The summed E-state index contributed by atoms with van der Waals surface area (Å²) in [6.45, 7) is 0.610. The Morgan fingerprint density at radius 3 is 2.83 bits per heavy atom. The van der Waals surface area contributed by atoms with Gasteiger partial charge in [0.2, 0.25) is 0 Å². The zero-order chi connectivity index (χ0) is 8.81. The molecule has 0 aliphatic heterocycles. The van der Waals surface area contributed by atoms with Gasteiger partial charge in [0, 0.05) is 6.54 Å². The molecule has 0 aliphatic rings. The van der Waals surface area contributed by atoms with Crippen LogP contribution in [0.3, 0.4) is 0 Å². The van der Waals surface area contributed by atoms with Crippen molar-refractivity contribution < 1.29 is 5.11 Å². The molecule has 1 aromatic rings. The summed E-state index contributed by atoms with van der Waals surface area (Å²) in [4.78, 5) is 0. The number of thioether (sulfide) groups is 1. The Bertz CT molecular complexity index is 227. The highest BCUT2D eigenvalue weighted by Gasteiger charge is 1.94. The highest BCUT2D eigenvalue weighted by atomic mass is 32.2. The van der Waals surface area contributed by atoms with Crippen molar-refractivity contribution in [3.05, 3.63) is 12.1 Å². The summed E-state index contributed by atoms with van der Waals surface area (Å²) >= 11 is 1.55. The molecule has 12 heavy (non-hydrogen) atoms. The van der Waals surface area contributed by atoms with E-state index in [9.17, 15) is 0 Å². The smallest absolute Gasteiger partial charge is 0.148 e. The highest BCUT2D eigenvalue weighted by Crippen LogP contribution is 2.10. The third-order valence-corrected chi connectivity index (χ3v) is 1.90. The van der Waals surface area contributed by atoms with Crippen molar-refractivity contribution in [2.24, 2.45) is 0 Å². The second-order valence-electron chi connectivity index (χ2n) is 2.11. The minimum absolute atomic E-state index is 0.103. The number of aliphatic hydroxyl groups excluding tert-OH is 1. The van der Waals surface area contributed by atoms with Gasteiger partial charge in [0.05, 0.1) is 6.61 Å². The average Bonchev–Trinajstić information content (AvgIpc) is 2.15. The van der Waals surface area contributed by atoms with Crippen molar-refractivity contribution in [1.82, 2.24) is 10.2 Å². The van der Waals surface area contributed by atoms with Gasteiger partial charge in [-0.05, 0) is 18.4 Å². The normalized spacial score (nSPS) is 9.83. The van der Waals surface area contributed by atoms with Crippen LogP contribution in [0.2, 0.25) is 0 Å². The van der Waals surface area contributed by atoms with Gasteiger partial charge in [-0.3, -0.25) is 0 Å². The summed E-state index contributed by atoms with van der Waals surface area (Å²) in [5.74, 6) is 0.696. The molecular formula is C7H11N3OS. The zero-order valence-electron chi connectivity index (χ0n) is 6.82. The number of anilines is 1. The first kappa shape index (κ1) is 9.28. The molecule has 0 aliphatic carbocycles. The lowest BCUT2D eigenvalue weighted by atomic mass is 10.5. The zero-order valence-corrected chi connectivity index (χ0v) is 7.64. The number of aromatic nitrogens is 2. The van der Waals surface area contributed by atoms with Crippen molar-refractivity contribution in [1.29, 1.82) is 0 Å². The Kier molecular flexibility index (Phi) is 3.83. The molecule has 5 heteroatoms. The fourth-order valence-electron chi connectivity index (χ4n) is 0.707. The third-order valence-electron chi connectivity index (χ3n) is 1.27. The Morgan fingerprint density at radius 2 is 2.33 bits per heavy atom. The van der Waals surface area contributed by atoms with E-state index < -0.39 is 0 Å². The molecule has 0 radical (unpaired) electrons. The summed E-state index contributed by atoms with van der Waals surface area (Å²) < 4.78 is 0. The number of hydrogen-bond donors (Lipinski definition) is 2. The van der Waals surface area contributed by atoms with E-state index in [4.69, 9.17) is 5.11 Å². The van der Waals surface area contributed by atoms with Crippen LogP contribution in [-0.2, 0) is 0 Å². The lowest BCUT2D eigenvalue weighted by molar-refractivity contribution is 0.311. The molecule has 0 amide bonds. The quantitative estimate of drug-likeness (QED) is 0.673. The van der Waals surface area contributed by atoms with Gasteiger partial charge in [0.1, 0.15) is 10.8 Å². The Morgan fingerprint density at radius 1 is 1.50 bits per heavy atom. The van der Waals surface area contributed by atoms with Crippen LogP contribution in [0.1, 0.15) is 0 Å². The first-order valence-electron chi connectivity index (χ1n) is 3.59. The average molecular weight is 185 g/mol. The van der Waals surface area contributed by atoms with Crippen LogP contribution >= 0.6 is 11.8 Å². The van der Waals surface area contributed by atoms with Crippen molar-refractivity contribution in [2.45, 2.75) is 5.03 Å². The highest BCUT2D eigenvalue weighted by molar-refractivity contribution is 7.98. The maximum atomic E-state index is 8.51. The maximum Gasteiger partial charge on any atom is 0.148 e. The van der Waals surface area contributed by atoms with Gasteiger partial charge in [-0.15, -0.1) is 22.0 Å². The molecule has 1 rings (SSSR count). The van der Waals surface area contributed by atoms with E-state index in [1.165, 1.54) is 0 Å². The molecule has 0 aromatic carbocycles. The van der Waals surface area contributed by atoms with E-state index in [0.29, 0.717) is 12.4 Å². The van der Waals surface area contributed by atoms with Gasteiger partial charge in [0.15, 0.2) is 0 Å². The number of nitrogens with zero attached hydrogens (tertiary/aromatic N) is 2. The maximum absolute atomic E-state index is 8.51. The molecule has 0 saturated heterocycles. The van der Waals surface area contributed by atoms with Crippen molar-refractivity contribution in [3.8, 4) is 0 Å². The molecule has 4 nitrogen and oxygen atoms in total. The number of hydrogen-bond acceptors (Lipinski definition) is 5. The Labute approximate surface area is 75.4 Å². The van der Waals surface area contributed by atoms with Crippen LogP contribution in [0.5, 0.6) is 0 Å². The summed E-state index contributed by atoms with van der Waals surface area (Å²) in [5, 5.41) is 20.1. The van der Waals surface area contributed by atoms with Gasteiger partial charge in [-0.25, -0.2) is 0 Å². The largest absolute Gasteiger partial charge is 0.395 e. The molecule has 66 valence electrons. The van der Waals surface area contributed by atoms with E-state index in [2.05, 4.69) is 15.5 Å². The van der Waals surface area contributed by atoms with Crippen molar-refractivity contribution >= 4 is 17.6 Å². The Hall–Kier alpha value is -0.810. The van der Waals surface area contributed by atoms with Crippen LogP contribution in [0.25, 0.3) is 0 Å². The standard InChI is InChI=1S/C7H11N3OS/c1-12-7-3-2-6(9-10-7)8-4-5-11/h2-3,11H,4-5H2,1H3,(H,8,9). The minimum atomic E-state index is 0.103. The second-order valence-corrected chi connectivity index (χ2v) is 2.94. The van der Waals surface area contributed by atoms with Crippen molar-refractivity contribution in [2.75, 3.05) is 24.7 Å².